The minimum Gasteiger partial charge on any atom is -0.368 e. The number of thioether (sulfide) groups is 1. The average Bonchev–Trinajstić information content (AvgIpc) is 2.94. The first-order valence-electron chi connectivity index (χ1n) is 5.68. The number of hydrogen-bond acceptors (Lipinski definition) is 3. The molecule has 0 aromatic rings. The lowest BCUT2D eigenvalue weighted by Gasteiger charge is -2.33. The molecule has 1 atom stereocenters. The third-order valence-electron chi connectivity index (χ3n) is 2.79. The van der Waals surface area contributed by atoms with E-state index in [-0.39, 0.29) is 5.91 Å². The molecule has 1 amide bonds. The second kappa shape index (κ2) is 5.21. The number of carbonyl (C=O) groups excluding carboxylic acids is 1. The van der Waals surface area contributed by atoms with E-state index in [2.05, 4.69) is 26.1 Å². The van der Waals surface area contributed by atoms with Gasteiger partial charge in [-0.15, -0.1) is 0 Å². The fraction of sp³-hybridized carbons (Fsp3) is 0.909. The number of carbonyl (C=O) groups is 1. The Morgan fingerprint density at radius 3 is 2.53 bits per heavy atom. The van der Waals surface area contributed by atoms with Crippen LogP contribution in [0.5, 0.6) is 0 Å². The van der Waals surface area contributed by atoms with E-state index in [1.54, 1.807) is 11.8 Å². The molecule has 3 N–H and O–H groups in total. The summed E-state index contributed by atoms with van der Waals surface area (Å²) in [4.78, 5) is 11.7. The van der Waals surface area contributed by atoms with Crippen LogP contribution in [0.2, 0.25) is 0 Å². The molecule has 1 aliphatic rings. The maximum atomic E-state index is 11.7. The molecule has 3 nitrogen and oxygen atoms in total. The lowest BCUT2D eigenvalue weighted by atomic mass is 9.93. The van der Waals surface area contributed by atoms with Crippen molar-refractivity contribution in [2.45, 2.75) is 45.2 Å². The molecule has 0 bridgehead atoms. The smallest absolute Gasteiger partial charge is 0.238 e. The van der Waals surface area contributed by atoms with Gasteiger partial charge in [0.1, 0.15) is 5.54 Å². The summed E-state index contributed by atoms with van der Waals surface area (Å²) in [6, 6.07) is 0.301. The number of primary amides is 1. The van der Waals surface area contributed by atoms with E-state index >= 15 is 0 Å². The van der Waals surface area contributed by atoms with Gasteiger partial charge in [0.25, 0.3) is 0 Å². The monoisotopic (exact) mass is 230 g/mol. The minimum absolute atomic E-state index is 0.181. The number of nitrogens with one attached hydrogen (secondary N) is 1. The van der Waals surface area contributed by atoms with Crippen molar-refractivity contribution >= 4 is 17.7 Å². The van der Waals surface area contributed by atoms with Gasteiger partial charge in [-0.3, -0.25) is 4.79 Å². The van der Waals surface area contributed by atoms with Crippen molar-refractivity contribution in [3.05, 3.63) is 0 Å². The molecule has 1 rings (SSSR count). The van der Waals surface area contributed by atoms with Gasteiger partial charge in [0.15, 0.2) is 0 Å². The van der Waals surface area contributed by atoms with E-state index in [1.807, 2.05) is 0 Å². The zero-order valence-electron chi connectivity index (χ0n) is 9.88. The molecule has 0 aromatic carbocycles. The third kappa shape index (κ3) is 3.11. The van der Waals surface area contributed by atoms with Crippen molar-refractivity contribution < 1.29 is 4.79 Å². The van der Waals surface area contributed by atoms with Crippen LogP contribution in [0.1, 0.15) is 33.6 Å². The van der Waals surface area contributed by atoms with Crippen LogP contribution in [0.25, 0.3) is 0 Å². The van der Waals surface area contributed by atoms with Crippen molar-refractivity contribution in [1.82, 2.24) is 5.32 Å². The Balaban J connectivity index is 2.73. The molecule has 0 radical (unpaired) electrons. The van der Waals surface area contributed by atoms with Crippen LogP contribution < -0.4 is 11.1 Å². The second-order valence-corrected chi connectivity index (χ2v) is 5.82. The molecule has 0 aromatic heterocycles. The molecule has 0 saturated heterocycles. The molecule has 1 saturated carbocycles. The Labute approximate surface area is 96.6 Å². The molecule has 0 aliphatic heterocycles. The fourth-order valence-electron chi connectivity index (χ4n) is 1.98. The number of nitrogens with two attached hydrogens (primary N) is 1. The van der Waals surface area contributed by atoms with Crippen LogP contribution in [0.3, 0.4) is 0 Å². The molecule has 0 spiro atoms. The molecule has 1 unspecified atom stereocenters. The quantitative estimate of drug-likeness (QED) is 0.694. The highest BCUT2D eigenvalue weighted by molar-refractivity contribution is 7.99. The van der Waals surface area contributed by atoms with Crippen molar-refractivity contribution in [3.63, 3.8) is 0 Å². The van der Waals surface area contributed by atoms with Gasteiger partial charge in [-0.2, -0.15) is 11.8 Å². The van der Waals surface area contributed by atoms with Gasteiger partial charge >= 0.3 is 0 Å². The SMILES string of the molecule is CCSCC(NC(C)C)(C(N)=O)C1CC1. The number of rotatable bonds is 7. The van der Waals surface area contributed by atoms with Crippen molar-refractivity contribution in [2.24, 2.45) is 11.7 Å². The zero-order chi connectivity index (χ0) is 11.5. The maximum Gasteiger partial charge on any atom is 0.238 e. The van der Waals surface area contributed by atoms with Gasteiger partial charge in [-0.25, -0.2) is 0 Å². The predicted octanol–water partition coefficient (Wildman–Crippen LogP) is 1.37. The number of amides is 1. The van der Waals surface area contributed by atoms with Gasteiger partial charge < -0.3 is 11.1 Å². The van der Waals surface area contributed by atoms with Crippen LogP contribution in [-0.2, 0) is 4.79 Å². The summed E-state index contributed by atoms with van der Waals surface area (Å²) < 4.78 is 0. The summed E-state index contributed by atoms with van der Waals surface area (Å²) in [7, 11) is 0. The van der Waals surface area contributed by atoms with Gasteiger partial charge in [0.05, 0.1) is 0 Å². The predicted molar refractivity (Wildman–Crippen MR) is 65.9 cm³/mol. The normalized spacial score (nSPS) is 20.3. The Hall–Kier alpha value is -0.220. The third-order valence-corrected chi connectivity index (χ3v) is 3.86. The van der Waals surface area contributed by atoms with Crippen LogP contribution in [0, 0.1) is 5.92 Å². The first kappa shape index (κ1) is 12.8. The Kier molecular flexibility index (Phi) is 4.46. The average molecular weight is 230 g/mol. The maximum absolute atomic E-state index is 11.7. The summed E-state index contributed by atoms with van der Waals surface area (Å²) in [5.74, 6) is 2.11. The standard InChI is InChI=1S/C11H22N2OS/c1-4-15-7-11(10(12)14,9-5-6-9)13-8(2)3/h8-9,13H,4-7H2,1-3H3,(H2,12,14). The fourth-order valence-corrected chi connectivity index (χ4v) is 2.96. The highest BCUT2D eigenvalue weighted by Gasteiger charge is 2.49. The molecule has 88 valence electrons. The summed E-state index contributed by atoms with van der Waals surface area (Å²) in [6.45, 7) is 6.24. The van der Waals surface area contributed by atoms with E-state index in [1.165, 1.54) is 0 Å². The second-order valence-electron chi connectivity index (χ2n) is 4.55. The van der Waals surface area contributed by atoms with Crippen molar-refractivity contribution in [3.8, 4) is 0 Å². The highest BCUT2D eigenvalue weighted by Crippen LogP contribution is 2.41. The molecule has 15 heavy (non-hydrogen) atoms. The van der Waals surface area contributed by atoms with E-state index in [4.69, 9.17) is 5.73 Å². The topological polar surface area (TPSA) is 55.1 Å². The van der Waals surface area contributed by atoms with Crippen LogP contribution in [0.4, 0.5) is 0 Å². The number of hydrogen-bond donors (Lipinski definition) is 2. The van der Waals surface area contributed by atoms with Gasteiger partial charge in [-0.05, 0) is 38.4 Å². The summed E-state index contributed by atoms with van der Waals surface area (Å²) in [5, 5.41) is 3.39. The van der Waals surface area contributed by atoms with Gasteiger partial charge in [0.2, 0.25) is 5.91 Å². The Morgan fingerprint density at radius 1 is 1.60 bits per heavy atom. The first-order valence-corrected chi connectivity index (χ1v) is 6.83. The van der Waals surface area contributed by atoms with Gasteiger partial charge in [-0.1, -0.05) is 6.92 Å². The Bertz CT molecular complexity index is 229. The Morgan fingerprint density at radius 2 is 2.20 bits per heavy atom. The molecule has 1 fully saturated rings. The van der Waals surface area contributed by atoms with Crippen molar-refractivity contribution in [2.75, 3.05) is 11.5 Å². The lowest BCUT2D eigenvalue weighted by Crippen LogP contribution is -2.61. The van der Waals surface area contributed by atoms with E-state index in [9.17, 15) is 4.79 Å². The summed E-state index contributed by atoms with van der Waals surface area (Å²) in [6.07, 6.45) is 2.26. The van der Waals surface area contributed by atoms with E-state index in [0.717, 1.165) is 24.3 Å². The van der Waals surface area contributed by atoms with Crippen LogP contribution in [-0.4, -0.2) is 29.0 Å². The highest BCUT2D eigenvalue weighted by atomic mass is 32.2. The summed E-state index contributed by atoms with van der Waals surface area (Å²) in [5.41, 5.74) is 5.12. The van der Waals surface area contributed by atoms with Crippen LogP contribution >= 0.6 is 11.8 Å². The largest absolute Gasteiger partial charge is 0.368 e. The zero-order valence-corrected chi connectivity index (χ0v) is 10.7. The van der Waals surface area contributed by atoms with Crippen molar-refractivity contribution in [1.29, 1.82) is 0 Å². The molecular weight excluding hydrogens is 208 g/mol. The molecular formula is C11H22N2OS. The molecule has 0 heterocycles. The first-order chi connectivity index (χ1) is 7.03. The molecule has 4 heteroatoms. The lowest BCUT2D eigenvalue weighted by molar-refractivity contribution is -0.124. The van der Waals surface area contributed by atoms with E-state index < -0.39 is 5.54 Å². The van der Waals surface area contributed by atoms with Crippen LogP contribution in [0.15, 0.2) is 0 Å². The summed E-state index contributed by atoms with van der Waals surface area (Å²) >= 11 is 1.79. The minimum atomic E-state index is -0.463. The molecule has 1 aliphatic carbocycles. The van der Waals surface area contributed by atoms with Gasteiger partial charge in [0, 0.05) is 11.8 Å². The van der Waals surface area contributed by atoms with E-state index in [0.29, 0.717) is 12.0 Å².